The van der Waals surface area contributed by atoms with E-state index < -0.39 is 157 Å². The third-order valence-electron chi connectivity index (χ3n) is 15.1. The van der Waals surface area contributed by atoms with E-state index in [0.29, 0.717) is 32.7 Å². The highest BCUT2D eigenvalue weighted by Gasteiger charge is 2.55. The minimum Gasteiger partial charge on any atom is -0.463 e. The number of esters is 8. The number of anilines is 2. The van der Waals surface area contributed by atoms with Crippen LogP contribution in [0.3, 0.4) is 0 Å². The minimum atomic E-state index is -1.71. The van der Waals surface area contributed by atoms with Crippen LogP contribution in [0, 0.1) is 10.1 Å². The Kier molecular flexibility index (Phi) is 20.3. The molecule has 29 heteroatoms. The van der Waals surface area contributed by atoms with Crippen molar-refractivity contribution in [2.75, 3.05) is 47.9 Å². The molecule has 4 aliphatic heterocycles. The molecule has 0 spiro atoms. The molecule has 2 saturated heterocycles. The number of nitro groups is 1. The van der Waals surface area contributed by atoms with E-state index in [4.69, 9.17) is 80.0 Å². The highest BCUT2D eigenvalue weighted by molar-refractivity contribution is 6.20. The lowest BCUT2D eigenvalue weighted by Gasteiger charge is -2.44. The first-order chi connectivity index (χ1) is 43.3. The third-order valence-corrected chi connectivity index (χ3v) is 15.9. The molecule has 0 aliphatic carbocycles. The molecule has 10 unspecified atom stereocenters. The number of hydrogen-bond acceptors (Lipinski definition) is 24. The van der Waals surface area contributed by atoms with Crippen molar-refractivity contribution in [3.63, 3.8) is 0 Å². The Labute approximate surface area is 528 Å². The van der Waals surface area contributed by atoms with Crippen molar-refractivity contribution >= 4 is 121 Å². The molecule has 4 heterocycles. The van der Waals surface area contributed by atoms with Gasteiger partial charge in [-0.2, -0.15) is 0 Å². The maximum atomic E-state index is 15.3. The first-order valence-corrected chi connectivity index (χ1v) is 29.4. The molecule has 2 fully saturated rings. The van der Waals surface area contributed by atoms with Gasteiger partial charge in [-0.15, -0.1) is 23.2 Å². The minimum absolute atomic E-state index is 0.00947. The molecule has 5 aromatic carbocycles. The number of nitrogens with zero attached hydrogens (tertiary/aromatic N) is 3. The van der Waals surface area contributed by atoms with Gasteiger partial charge in [0.15, 0.2) is 24.4 Å². The van der Waals surface area contributed by atoms with Gasteiger partial charge in [0.1, 0.15) is 36.9 Å². The summed E-state index contributed by atoms with van der Waals surface area (Å²) in [6.07, 6.45) is -15.7. The molecule has 91 heavy (non-hydrogen) atoms. The third kappa shape index (κ3) is 14.4. The van der Waals surface area contributed by atoms with Gasteiger partial charge in [-0.25, -0.2) is 0 Å². The summed E-state index contributed by atoms with van der Waals surface area (Å²) in [6.45, 7) is 7.34. The lowest BCUT2D eigenvalue weighted by molar-refractivity contribution is -0.384. The molecule has 0 radical (unpaired) electrons. The molecule has 482 valence electrons. The molecule has 2 amide bonds. The number of non-ortho nitro benzene ring substituents is 1. The standard InChI is InChI=1S/C62H61Cl2N3O24/c1-28(68)80-26-49-53(82-30(3)70)55(84-32(5)72)57(86-34(7)74)61(90-49)88-47-20-45-51(43-15-11-9-13-41(43)47)38(22-63)24-65(45)59(76)36-17-37(19-40(18-36)67(78)79)60(77)66-25-39(23-64)52-44-16-12-10-14-42(44)48(21-46(52)66)89-62-58(87-35(8)75)56(85-33(6)73)54(83-31(4)71)50(91-62)27-81-29(2)69/h9-21,38-39,49-50,53-58,61-62H,22-27H2,1-8H3/t38-,39-,49?,50?,53?,54?,55?,56?,57?,58?,61?,62?/m1/s1. The van der Waals surface area contributed by atoms with Crippen LogP contribution in [0.5, 0.6) is 11.5 Å². The van der Waals surface area contributed by atoms with Gasteiger partial charge in [0.05, 0.1) is 16.3 Å². The molecule has 12 atom stereocenters. The largest absolute Gasteiger partial charge is 0.463 e. The Hall–Kier alpha value is -9.18. The lowest BCUT2D eigenvalue weighted by Crippen LogP contribution is -2.63. The Balaban J connectivity index is 1.11. The van der Waals surface area contributed by atoms with E-state index in [1.54, 1.807) is 48.5 Å². The number of carbonyl (C=O) groups excluding carboxylic acids is 10. The zero-order valence-electron chi connectivity index (χ0n) is 50.1. The number of alkyl halides is 2. The topological polar surface area (TPSA) is 331 Å². The van der Waals surface area contributed by atoms with E-state index in [2.05, 4.69) is 0 Å². The molecule has 5 aromatic rings. The first-order valence-electron chi connectivity index (χ1n) is 28.4. The Bertz CT molecular complexity index is 3540. The summed E-state index contributed by atoms with van der Waals surface area (Å²) in [5.41, 5.74) is 0.247. The SMILES string of the molecule is CC(=O)OCC1OC(Oc2cc3c(c4ccccc24)[C@H](CCl)CN3C(=O)c2cc(C(=O)N3C[C@@H](CCl)c4c3cc(OC3OC(COC(C)=O)C(OC(C)=O)C(OC(C)=O)C3OC(C)=O)c3ccccc43)cc([N+](=O)[O-])c2)C(OC(C)=O)C(OC(C)=O)C1OC(C)=O. The Morgan fingerprint density at radius 3 is 1.12 bits per heavy atom. The molecule has 0 saturated carbocycles. The predicted octanol–water partition coefficient (Wildman–Crippen LogP) is 6.79. The number of benzene rings is 5. The molecule has 0 aromatic heterocycles. The van der Waals surface area contributed by atoms with E-state index in [-0.39, 0.29) is 58.9 Å². The van der Waals surface area contributed by atoms with Crippen LogP contribution in [-0.2, 0) is 85.7 Å². The molecule has 4 aliphatic rings. The van der Waals surface area contributed by atoms with Crippen molar-refractivity contribution < 1.29 is 110 Å². The maximum Gasteiger partial charge on any atom is 0.303 e. The zero-order valence-corrected chi connectivity index (χ0v) is 51.6. The van der Waals surface area contributed by atoms with Gasteiger partial charge < -0.3 is 66.6 Å². The number of carbonyl (C=O) groups is 10. The lowest BCUT2D eigenvalue weighted by atomic mass is 9.95. The van der Waals surface area contributed by atoms with Crippen molar-refractivity contribution in [1.82, 2.24) is 0 Å². The van der Waals surface area contributed by atoms with Crippen LogP contribution in [-0.4, -0.2) is 164 Å². The van der Waals surface area contributed by atoms with E-state index in [0.717, 1.165) is 67.5 Å². The van der Waals surface area contributed by atoms with Gasteiger partial charge in [-0.3, -0.25) is 58.1 Å². The molecule has 9 rings (SSSR count). The average molecular weight is 1300 g/mol. The maximum absolute atomic E-state index is 15.3. The van der Waals surface area contributed by atoms with Gasteiger partial charge >= 0.3 is 47.8 Å². The fourth-order valence-electron chi connectivity index (χ4n) is 11.7. The van der Waals surface area contributed by atoms with Crippen molar-refractivity contribution in [3.05, 3.63) is 111 Å². The van der Waals surface area contributed by atoms with Crippen LogP contribution in [0.15, 0.2) is 78.9 Å². The second-order valence-corrected chi connectivity index (χ2v) is 22.3. The zero-order chi connectivity index (χ0) is 65.9. The summed E-state index contributed by atoms with van der Waals surface area (Å²) >= 11 is 13.4. The summed E-state index contributed by atoms with van der Waals surface area (Å²) in [5.74, 6) is -9.64. The number of halogens is 2. The summed E-state index contributed by atoms with van der Waals surface area (Å²) in [6, 6.07) is 19.8. The van der Waals surface area contributed by atoms with Crippen molar-refractivity contribution in [3.8, 4) is 11.5 Å². The van der Waals surface area contributed by atoms with Gasteiger partial charge in [0, 0.05) is 138 Å². The monoisotopic (exact) mass is 1300 g/mol. The average Bonchev–Trinajstić information content (AvgIpc) is 1.67. The van der Waals surface area contributed by atoms with Crippen LogP contribution in [0.25, 0.3) is 21.5 Å². The number of rotatable bonds is 19. The predicted molar refractivity (Wildman–Crippen MR) is 316 cm³/mol. The Morgan fingerprint density at radius 1 is 0.473 bits per heavy atom. The normalized spacial score (nSPS) is 24.0. The molecular weight excluding hydrogens is 1240 g/mol. The number of nitro benzene ring substituents is 1. The first kappa shape index (κ1) is 66.2. The highest BCUT2D eigenvalue weighted by Crippen LogP contribution is 2.49. The van der Waals surface area contributed by atoms with Crippen LogP contribution in [0.2, 0.25) is 0 Å². The number of amides is 2. The number of fused-ring (bicyclic) bond motifs is 6. The molecule has 27 nitrogen and oxygen atoms in total. The fourth-order valence-corrected chi connectivity index (χ4v) is 12.3. The molecule has 0 bridgehead atoms. The second-order valence-electron chi connectivity index (χ2n) is 21.6. The van der Waals surface area contributed by atoms with E-state index in [1.807, 2.05) is 0 Å². The van der Waals surface area contributed by atoms with Gasteiger partial charge in [0.2, 0.25) is 24.8 Å². The fraction of sp³-hybridized carbons (Fsp3) is 0.419. The number of ether oxygens (including phenoxy) is 12. The second kappa shape index (κ2) is 27.9. The molecular formula is C62H61Cl2N3O24. The van der Waals surface area contributed by atoms with Crippen LogP contribution < -0.4 is 19.3 Å². The smallest absolute Gasteiger partial charge is 0.303 e. The molecule has 0 N–H and O–H groups in total. The summed E-state index contributed by atoms with van der Waals surface area (Å²) < 4.78 is 69.9. The quantitative estimate of drug-likeness (QED) is 0.0270. The van der Waals surface area contributed by atoms with Gasteiger partial charge in [0.25, 0.3) is 17.5 Å². The van der Waals surface area contributed by atoms with Crippen LogP contribution in [0.1, 0.15) is 99.1 Å². The highest BCUT2D eigenvalue weighted by atomic mass is 35.5. The van der Waals surface area contributed by atoms with Crippen LogP contribution in [0.4, 0.5) is 17.1 Å². The van der Waals surface area contributed by atoms with Crippen LogP contribution >= 0.6 is 23.2 Å². The van der Waals surface area contributed by atoms with Crippen molar-refractivity contribution in [1.29, 1.82) is 0 Å². The van der Waals surface area contributed by atoms with E-state index in [1.165, 1.54) is 28.0 Å². The summed E-state index contributed by atoms with van der Waals surface area (Å²) in [7, 11) is 0. The summed E-state index contributed by atoms with van der Waals surface area (Å²) in [4.78, 5) is 145. The summed E-state index contributed by atoms with van der Waals surface area (Å²) in [5, 5.41) is 14.8. The van der Waals surface area contributed by atoms with Gasteiger partial charge in [-0.1, -0.05) is 48.5 Å². The van der Waals surface area contributed by atoms with Crippen molar-refractivity contribution in [2.24, 2.45) is 0 Å². The van der Waals surface area contributed by atoms with Gasteiger partial charge in [-0.05, 0) is 28.0 Å². The van der Waals surface area contributed by atoms with E-state index in [9.17, 15) is 48.5 Å². The van der Waals surface area contributed by atoms with E-state index >= 15 is 9.59 Å². The van der Waals surface area contributed by atoms with Crippen molar-refractivity contribution in [2.45, 2.75) is 129 Å². The Morgan fingerprint density at radius 2 is 0.802 bits per heavy atom. The number of hydrogen-bond donors (Lipinski definition) is 0.